The second kappa shape index (κ2) is 14.0. The molecule has 1 aliphatic rings. The summed E-state index contributed by atoms with van der Waals surface area (Å²) in [6.45, 7) is 14.6. The number of aliphatic imine (C=N–C) groups is 1. The molecule has 1 unspecified atom stereocenters. The Morgan fingerprint density at radius 1 is 1.14 bits per heavy atom. The van der Waals surface area contributed by atoms with Crippen molar-refractivity contribution in [2.45, 2.75) is 46.3 Å². The molecule has 0 aliphatic carbocycles. The number of halogens is 1. The summed E-state index contributed by atoms with van der Waals surface area (Å²) < 4.78 is 11.1. The van der Waals surface area contributed by atoms with Gasteiger partial charge in [-0.2, -0.15) is 0 Å². The molecule has 1 heterocycles. The highest BCUT2D eigenvalue weighted by molar-refractivity contribution is 14.0. The van der Waals surface area contributed by atoms with Gasteiger partial charge in [-0.15, -0.1) is 24.0 Å². The van der Waals surface area contributed by atoms with Crippen molar-refractivity contribution in [2.24, 2.45) is 4.99 Å². The van der Waals surface area contributed by atoms with Crippen molar-refractivity contribution in [3.8, 4) is 5.75 Å². The molecular formula is C21H37IN4O2. The first kappa shape index (κ1) is 25.0. The van der Waals surface area contributed by atoms with E-state index in [0.717, 1.165) is 64.1 Å². The van der Waals surface area contributed by atoms with E-state index < -0.39 is 0 Å². The number of rotatable bonds is 9. The maximum atomic E-state index is 5.69. The normalized spacial score (nSPS) is 16.4. The Hall–Kier alpha value is -1.06. The fourth-order valence-corrected chi connectivity index (χ4v) is 3.03. The van der Waals surface area contributed by atoms with E-state index in [2.05, 4.69) is 41.5 Å². The van der Waals surface area contributed by atoms with Crippen LogP contribution in [0.5, 0.6) is 5.75 Å². The molecule has 2 N–H and O–H groups in total. The van der Waals surface area contributed by atoms with Crippen LogP contribution in [0.2, 0.25) is 0 Å². The van der Waals surface area contributed by atoms with E-state index in [-0.39, 0.29) is 30.1 Å². The number of nitrogens with one attached hydrogen (secondary N) is 2. The first-order valence-corrected chi connectivity index (χ1v) is 10.2. The maximum Gasteiger partial charge on any atom is 0.191 e. The molecule has 0 aromatic heterocycles. The Bertz CT molecular complexity index is 560. The van der Waals surface area contributed by atoms with Gasteiger partial charge in [0.1, 0.15) is 5.75 Å². The molecule has 6 nitrogen and oxygen atoms in total. The van der Waals surface area contributed by atoms with Gasteiger partial charge in [0.15, 0.2) is 5.96 Å². The van der Waals surface area contributed by atoms with E-state index in [4.69, 9.17) is 14.5 Å². The van der Waals surface area contributed by atoms with Crippen LogP contribution in [0.15, 0.2) is 29.3 Å². The lowest BCUT2D eigenvalue weighted by atomic mass is 10.1. The number of ether oxygens (including phenoxy) is 2. The molecule has 0 radical (unpaired) electrons. The number of nitrogens with zero attached hydrogens (tertiary/aromatic N) is 2. The summed E-state index contributed by atoms with van der Waals surface area (Å²) in [5.41, 5.74) is 1.29. The van der Waals surface area contributed by atoms with Crippen LogP contribution < -0.4 is 15.4 Å². The fourth-order valence-electron chi connectivity index (χ4n) is 3.03. The van der Waals surface area contributed by atoms with Gasteiger partial charge in [-0.3, -0.25) is 9.89 Å². The second-order valence-corrected chi connectivity index (χ2v) is 7.20. The van der Waals surface area contributed by atoms with Crippen molar-refractivity contribution in [2.75, 3.05) is 45.9 Å². The highest BCUT2D eigenvalue weighted by Gasteiger charge is 2.16. The highest BCUT2D eigenvalue weighted by Crippen LogP contribution is 2.14. The Kier molecular flexibility index (Phi) is 12.5. The third kappa shape index (κ3) is 9.43. The van der Waals surface area contributed by atoms with E-state index in [0.29, 0.717) is 6.04 Å². The van der Waals surface area contributed by atoms with Crippen LogP contribution in [0.3, 0.4) is 0 Å². The lowest BCUT2D eigenvalue weighted by Gasteiger charge is -2.31. The number of morpholine rings is 1. The molecule has 1 aromatic carbocycles. The van der Waals surface area contributed by atoms with Gasteiger partial charge in [-0.05, 0) is 51.8 Å². The van der Waals surface area contributed by atoms with E-state index >= 15 is 0 Å². The van der Waals surface area contributed by atoms with E-state index in [1.165, 1.54) is 5.56 Å². The first-order chi connectivity index (χ1) is 13.1. The van der Waals surface area contributed by atoms with Crippen LogP contribution in [-0.2, 0) is 11.2 Å². The minimum absolute atomic E-state index is 0. The van der Waals surface area contributed by atoms with Gasteiger partial charge in [0.05, 0.1) is 25.9 Å². The van der Waals surface area contributed by atoms with Gasteiger partial charge in [0.25, 0.3) is 0 Å². The van der Waals surface area contributed by atoms with Crippen LogP contribution in [0.1, 0.15) is 33.3 Å². The summed E-state index contributed by atoms with van der Waals surface area (Å²) >= 11 is 0. The summed E-state index contributed by atoms with van der Waals surface area (Å²) in [5.74, 6) is 1.81. The van der Waals surface area contributed by atoms with Gasteiger partial charge in [-0.1, -0.05) is 12.1 Å². The SMILES string of the molecule is CCNC(=NCC(C)N1CCOCC1)NCCc1ccc(OC(C)C)cc1.I. The van der Waals surface area contributed by atoms with Crippen molar-refractivity contribution in [3.05, 3.63) is 29.8 Å². The summed E-state index contributed by atoms with van der Waals surface area (Å²) in [7, 11) is 0. The Morgan fingerprint density at radius 3 is 2.43 bits per heavy atom. The van der Waals surface area contributed by atoms with E-state index in [1.807, 2.05) is 26.0 Å². The van der Waals surface area contributed by atoms with Gasteiger partial charge in [0.2, 0.25) is 0 Å². The van der Waals surface area contributed by atoms with E-state index in [1.54, 1.807) is 0 Å². The minimum Gasteiger partial charge on any atom is -0.491 e. The average Bonchev–Trinajstić information content (AvgIpc) is 2.67. The summed E-state index contributed by atoms with van der Waals surface area (Å²) in [6, 6.07) is 8.77. The molecule has 7 heteroatoms. The lowest BCUT2D eigenvalue weighted by Crippen LogP contribution is -2.44. The zero-order chi connectivity index (χ0) is 19.5. The predicted molar refractivity (Wildman–Crippen MR) is 127 cm³/mol. The summed E-state index contributed by atoms with van der Waals surface area (Å²) in [6.07, 6.45) is 1.15. The molecule has 0 bridgehead atoms. The smallest absolute Gasteiger partial charge is 0.191 e. The average molecular weight is 504 g/mol. The number of benzene rings is 1. The zero-order valence-electron chi connectivity index (χ0n) is 17.7. The number of guanidine groups is 1. The Labute approximate surface area is 187 Å². The predicted octanol–water partition coefficient (Wildman–Crippen LogP) is 2.91. The highest BCUT2D eigenvalue weighted by atomic mass is 127. The van der Waals surface area contributed by atoms with Crippen LogP contribution >= 0.6 is 24.0 Å². The van der Waals surface area contributed by atoms with Crippen molar-refractivity contribution in [3.63, 3.8) is 0 Å². The van der Waals surface area contributed by atoms with E-state index in [9.17, 15) is 0 Å². The largest absolute Gasteiger partial charge is 0.491 e. The molecule has 28 heavy (non-hydrogen) atoms. The molecule has 1 aromatic rings. The molecule has 0 spiro atoms. The molecule has 1 atom stereocenters. The van der Waals surface area contributed by atoms with Gasteiger partial charge in [0, 0.05) is 32.2 Å². The van der Waals surface area contributed by atoms with Crippen molar-refractivity contribution < 1.29 is 9.47 Å². The number of hydrogen-bond donors (Lipinski definition) is 2. The fraction of sp³-hybridized carbons (Fsp3) is 0.667. The van der Waals surface area contributed by atoms with Crippen molar-refractivity contribution in [1.82, 2.24) is 15.5 Å². The lowest BCUT2D eigenvalue weighted by molar-refractivity contribution is 0.0220. The molecule has 2 rings (SSSR count). The molecule has 0 saturated carbocycles. The topological polar surface area (TPSA) is 58.1 Å². The van der Waals surface area contributed by atoms with Gasteiger partial charge in [-0.25, -0.2) is 0 Å². The second-order valence-electron chi connectivity index (χ2n) is 7.20. The third-order valence-corrected chi connectivity index (χ3v) is 4.53. The maximum absolute atomic E-state index is 5.69. The Balaban J connectivity index is 0.00000392. The minimum atomic E-state index is 0. The zero-order valence-corrected chi connectivity index (χ0v) is 20.1. The van der Waals surface area contributed by atoms with Crippen LogP contribution in [-0.4, -0.2) is 68.9 Å². The van der Waals surface area contributed by atoms with Gasteiger partial charge < -0.3 is 20.1 Å². The molecular weight excluding hydrogens is 467 g/mol. The quantitative estimate of drug-likeness (QED) is 0.308. The molecule has 1 aliphatic heterocycles. The third-order valence-electron chi connectivity index (χ3n) is 4.53. The van der Waals surface area contributed by atoms with Crippen LogP contribution in [0, 0.1) is 0 Å². The summed E-state index contributed by atoms with van der Waals surface area (Å²) in [4.78, 5) is 7.20. The van der Waals surface area contributed by atoms with Gasteiger partial charge >= 0.3 is 0 Å². The molecule has 0 amide bonds. The number of hydrogen-bond acceptors (Lipinski definition) is 4. The Morgan fingerprint density at radius 2 is 1.82 bits per heavy atom. The monoisotopic (exact) mass is 504 g/mol. The molecule has 160 valence electrons. The molecule has 1 saturated heterocycles. The van der Waals surface area contributed by atoms with Crippen LogP contribution in [0.25, 0.3) is 0 Å². The first-order valence-electron chi connectivity index (χ1n) is 10.2. The summed E-state index contributed by atoms with van der Waals surface area (Å²) in [5, 5.41) is 6.77. The van der Waals surface area contributed by atoms with Crippen LogP contribution in [0.4, 0.5) is 0 Å². The van der Waals surface area contributed by atoms with Crippen molar-refractivity contribution in [1.29, 1.82) is 0 Å². The van der Waals surface area contributed by atoms with Crippen molar-refractivity contribution >= 4 is 29.9 Å². The standard InChI is InChI=1S/C21H36N4O2.HI/c1-5-22-21(24-16-18(4)25-12-14-26-15-13-25)23-11-10-19-6-8-20(9-7-19)27-17(2)3;/h6-9,17-18H,5,10-16H2,1-4H3,(H2,22,23,24);1H. The molecule has 1 fully saturated rings.